The average molecular weight is 204 g/mol. The van der Waals surface area contributed by atoms with Crippen molar-refractivity contribution in [1.29, 1.82) is 0 Å². The van der Waals surface area contributed by atoms with E-state index in [2.05, 4.69) is 0 Å². The minimum Gasteiger partial charge on any atom is -0.460 e. The molecule has 1 aliphatic heterocycles. The van der Waals surface area contributed by atoms with Crippen LogP contribution in [0.3, 0.4) is 0 Å². The molecule has 2 unspecified atom stereocenters. The summed E-state index contributed by atoms with van der Waals surface area (Å²) in [6.07, 6.45) is -1.95. The highest BCUT2D eigenvalue weighted by atomic mass is 16.6. The van der Waals surface area contributed by atoms with Crippen molar-refractivity contribution >= 4 is 5.97 Å². The van der Waals surface area contributed by atoms with Gasteiger partial charge in [0.05, 0.1) is 0 Å². The lowest BCUT2D eigenvalue weighted by atomic mass is 10.1. The number of hydrogen-bond donors (Lipinski definition) is 2. The first kappa shape index (κ1) is 11.4. The number of ether oxygens (including phenoxy) is 2. The summed E-state index contributed by atoms with van der Waals surface area (Å²) in [5.74, 6) is -0.378. The summed E-state index contributed by atoms with van der Waals surface area (Å²) in [4.78, 5) is 10.7. The summed E-state index contributed by atoms with van der Waals surface area (Å²) in [7, 11) is 0. The smallest absolute Gasteiger partial charge is 0.302 e. The van der Waals surface area contributed by atoms with Crippen LogP contribution in [0.1, 0.15) is 26.7 Å². The minimum absolute atomic E-state index is 0.299. The van der Waals surface area contributed by atoms with Crippen LogP contribution in [0.5, 0.6) is 0 Å². The van der Waals surface area contributed by atoms with Gasteiger partial charge in [-0.3, -0.25) is 4.79 Å². The molecule has 0 aliphatic carbocycles. The second-order valence-electron chi connectivity index (χ2n) is 3.42. The highest BCUT2D eigenvalue weighted by molar-refractivity contribution is 5.66. The first-order valence-corrected chi connectivity index (χ1v) is 4.73. The fraction of sp³-hybridized carbons (Fsp3) is 0.889. The third kappa shape index (κ3) is 2.67. The Balaban J connectivity index is 2.50. The van der Waals surface area contributed by atoms with Crippen molar-refractivity contribution in [3.05, 3.63) is 0 Å². The van der Waals surface area contributed by atoms with E-state index in [1.165, 1.54) is 6.92 Å². The van der Waals surface area contributed by atoms with Crippen LogP contribution in [-0.2, 0) is 14.3 Å². The molecule has 1 saturated heterocycles. The van der Waals surface area contributed by atoms with Gasteiger partial charge in [0.15, 0.2) is 6.29 Å². The zero-order chi connectivity index (χ0) is 10.7. The second-order valence-corrected chi connectivity index (χ2v) is 3.42. The van der Waals surface area contributed by atoms with Gasteiger partial charge in [-0.05, 0) is 6.42 Å². The van der Waals surface area contributed by atoms with Gasteiger partial charge in [-0.2, -0.15) is 0 Å². The van der Waals surface area contributed by atoms with Crippen LogP contribution >= 0.6 is 0 Å². The largest absolute Gasteiger partial charge is 0.460 e. The van der Waals surface area contributed by atoms with E-state index in [4.69, 9.17) is 14.6 Å². The Morgan fingerprint density at radius 3 is 2.64 bits per heavy atom. The minimum atomic E-state index is -1.16. The molecule has 0 bridgehead atoms. The molecule has 14 heavy (non-hydrogen) atoms. The standard InChI is InChI=1S/C9H16O5/c1-3-7(13-5(2)10)8-4-6(11)9(12)14-8/h6-9,11-12H,3-4H2,1-2H3/t6-,7?,8+,9?/m1/s1. The lowest BCUT2D eigenvalue weighted by molar-refractivity contribution is -0.169. The topological polar surface area (TPSA) is 76.0 Å². The zero-order valence-electron chi connectivity index (χ0n) is 8.34. The first-order valence-electron chi connectivity index (χ1n) is 4.73. The van der Waals surface area contributed by atoms with Gasteiger partial charge in [0.25, 0.3) is 0 Å². The Bertz CT molecular complexity index is 195. The SMILES string of the molecule is CCC(OC(C)=O)[C@@H]1C[C@@H](O)C(O)O1. The van der Waals surface area contributed by atoms with Crippen LogP contribution in [0.15, 0.2) is 0 Å². The van der Waals surface area contributed by atoms with E-state index in [0.29, 0.717) is 12.8 Å². The molecule has 82 valence electrons. The molecule has 0 spiro atoms. The van der Waals surface area contributed by atoms with Crippen molar-refractivity contribution in [1.82, 2.24) is 0 Å². The molecule has 1 fully saturated rings. The van der Waals surface area contributed by atoms with Gasteiger partial charge >= 0.3 is 5.97 Å². The Morgan fingerprint density at radius 1 is 1.64 bits per heavy atom. The van der Waals surface area contributed by atoms with Crippen LogP contribution in [0.25, 0.3) is 0 Å². The van der Waals surface area contributed by atoms with Gasteiger partial charge in [0, 0.05) is 13.3 Å². The number of aliphatic hydroxyl groups is 2. The van der Waals surface area contributed by atoms with Gasteiger partial charge in [-0.15, -0.1) is 0 Å². The average Bonchev–Trinajstić information content (AvgIpc) is 2.42. The summed E-state index contributed by atoms with van der Waals surface area (Å²) < 4.78 is 10.0. The Hall–Kier alpha value is -0.650. The van der Waals surface area contributed by atoms with E-state index >= 15 is 0 Å². The van der Waals surface area contributed by atoms with Crippen LogP contribution < -0.4 is 0 Å². The van der Waals surface area contributed by atoms with Crippen LogP contribution in [0.4, 0.5) is 0 Å². The summed E-state index contributed by atoms with van der Waals surface area (Å²) >= 11 is 0. The number of carbonyl (C=O) groups excluding carboxylic acids is 1. The predicted octanol–water partition coefficient (Wildman–Crippen LogP) is -0.204. The summed E-state index contributed by atoms with van der Waals surface area (Å²) in [6.45, 7) is 3.18. The van der Waals surface area contributed by atoms with E-state index in [9.17, 15) is 9.90 Å². The van der Waals surface area contributed by atoms with E-state index in [1.54, 1.807) is 0 Å². The summed E-state index contributed by atoms with van der Waals surface area (Å²) in [5, 5.41) is 18.4. The normalized spacial score (nSPS) is 34.1. The maximum absolute atomic E-state index is 10.7. The van der Waals surface area contributed by atoms with Gasteiger partial charge in [-0.25, -0.2) is 0 Å². The molecule has 0 amide bonds. The Morgan fingerprint density at radius 2 is 2.29 bits per heavy atom. The quantitative estimate of drug-likeness (QED) is 0.622. The van der Waals surface area contributed by atoms with Crippen LogP contribution in [0.2, 0.25) is 0 Å². The number of carbonyl (C=O) groups is 1. The molecule has 0 radical (unpaired) electrons. The van der Waals surface area contributed by atoms with Crippen molar-refractivity contribution in [2.24, 2.45) is 0 Å². The van der Waals surface area contributed by atoms with Crippen LogP contribution in [-0.4, -0.2) is 40.8 Å². The summed E-state index contributed by atoms with van der Waals surface area (Å²) in [5.41, 5.74) is 0. The predicted molar refractivity (Wildman–Crippen MR) is 47.3 cm³/mol. The number of aliphatic hydroxyl groups excluding tert-OH is 2. The van der Waals surface area contributed by atoms with E-state index < -0.39 is 18.5 Å². The molecule has 2 N–H and O–H groups in total. The Kier molecular flexibility index (Phi) is 3.86. The lowest BCUT2D eigenvalue weighted by Crippen LogP contribution is -2.30. The molecule has 0 saturated carbocycles. The second kappa shape index (κ2) is 4.72. The summed E-state index contributed by atoms with van der Waals surface area (Å²) in [6, 6.07) is 0. The van der Waals surface area contributed by atoms with E-state index in [-0.39, 0.29) is 12.1 Å². The molecule has 0 aromatic carbocycles. The van der Waals surface area contributed by atoms with E-state index in [0.717, 1.165) is 0 Å². The number of rotatable bonds is 3. The molecule has 4 atom stereocenters. The van der Waals surface area contributed by atoms with Crippen molar-refractivity contribution in [2.45, 2.75) is 51.3 Å². The van der Waals surface area contributed by atoms with Gasteiger partial charge in [-0.1, -0.05) is 6.92 Å². The molecule has 1 heterocycles. The fourth-order valence-corrected chi connectivity index (χ4v) is 1.55. The van der Waals surface area contributed by atoms with Gasteiger partial charge in [0.2, 0.25) is 0 Å². The van der Waals surface area contributed by atoms with Crippen molar-refractivity contribution in [3.8, 4) is 0 Å². The molecule has 1 rings (SSSR count). The third-order valence-electron chi connectivity index (χ3n) is 2.25. The molecule has 0 aromatic rings. The Labute approximate surface area is 82.6 Å². The molecular weight excluding hydrogens is 188 g/mol. The van der Waals surface area contributed by atoms with Crippen LogP contribution in [0, 0.1) is 0 Å². The van der Waals surface area contributed by atoms with E-state index in [1.807, 2.05) is 6.92 Å². The van der Waals surface area contributed by atoms with Gasteiger partial charge < -0.3 is 19.7 Å². The van der Waals surface area contributed by atoms with Gasteiger partial charge in [0.1, 0.15) is 18.3 Å². The van der Waals surface area contributed by atoms with Crippen molar-refractivity contribution in [2.75, 3.05) is 0 Å². The third-order valence-corrected chi connectivity index (χ3v) is 2.25. The number of hydrogen-bond acceptors (Lipinski definition) is 5. The maximum Gasteiger partial charge on any atom is 0.302 e. The lowest BCUT2D eigenvalue weighted by Gasteiger charge is -2.20. The van der Waals surface area contributed by atoms with Crippen molar-refractivity contribution in [3.63, 3.8) is 0 Å². The number of esters is 1. The highest BCUT2D eigenvalue weighted by Gasteiger charge is 2.37. The fourth-order valence-electron chi connectivity index (χ4n) is 1.55. The molecule has 5 heteroatoms. The maximum atomic E-state index is 10.7. The molecule has 5 nitrogen and oxygen atoms in total. The molecular formula is C9H16O5. The molecule has 0 aromatic heterocycles. The van der Waals surface area contributed by atoms with Crippen molar-refractivity contribution < 1.29 is 24.5 Å². The zero-order valence-corrected chi connectivity index (χ0v) is 8.34. The molecule has 1 aliphatic rings. The highest BCUT2D eigenvalue weighted by Crippen LogP contribution is 2.24. The monoisotopic (exact) mass is 204 g/mol. The first-order chi connectivity index (χ1) is 6.54.